The number of likely N-dealkylation sites (N-methyl/N-ethyl adjacent to an activating group) is 2. The van der Waals surface area contributed by atoms with Gasteiger partial charge in [-0.1, -0.05) is 0 Å². The second-order valence-corrected chi connectivity index (χ2v) is 3.83. The largest absolute Gasteiger partial charge is 0.480 e. The van der Waals surface area contributed by atoms with E-state index in [4.69, 9.17) is 5.11 Å². The van der Waals surface area contributed by atoms with E-state index in [1.807, 2.05) is 0 Å². The number of hydrogen-bond acceptors (Lipinski definition) is 3. The third-order valence-electron chi connectivity index (χ3n) is 2.86. The minimum absolute atomic E-state index is 0.245. The van der Waals surface area contributed by atoms with Crippen LogP contribution < -0.4 is 5.32 Å². The Morgan fingerprint density at radius 2 is 2.00 bits per heavy atom. The van der Waals surface area contributed by atoms with E-state index in [-0.39, 0.29) is 6.03 Å². The predicted octanol–water partition coefficient (Wildman–Crippen LogP) is -1.25. The van der Waals surface area contributed by atoms with Gasteiger partial charge in [-0.3, -0.25) is 9.69 Å². The number of nitrogens with one attached hydrogen (secondary N) is 1. The van der Waals surface area contributed by atoms with E-state index in [0.29, 0.717) is 0 Å². The lowest BCUT2D eigenvalue weighted by molar-refractivity contribution is -0.138. The fourth-order valence-corrected chi connectivity index (χ4v) is 2.08. The van der Waals surface area contributed by atoms with Crippen molar-refractivity contribution < 1.29 is 19.5 Å². The number of amides is 4. The average molecular weight is 228 g/mol. The summed E-state index contributed by atoms with van der Waals surface area (Å²) in [5.41, 5.74) is 0. The molecular formula is C8H12N4O4. The minimum Gasteiger partial charge on any atom is -0.480 e. The number of fused-ring (bicyclic) bond motifs is 1. The Balaban J connectivity index is 2.25. The van der Waals surface area contributed by atoms with Gasteiger partial charge < -0.3 is 20.2 Å². The molecule has 2 rings (SSSR count). The number of aliphatic carboxylic acids is 1. The zero-order chi connectivity index (χ0) is 12.0. The van der Waals surface area contributed by atoms with Gasteiger partial charge in [0.05, 0.1) is 0 Å². The first-order valence-electron chi connectivity index (χ1n) is 4.72. The first kappa shape index (κ1) is 10.5. The van der Waals surface area contributed by atoms with Crippen LogP contribution in [0.1, 0.15) is 0 Å². The van der Waals surface area contributed by atoms with Gasteiger partial charge >= 0.3 is 18.0 Å². The molecule has 0 aromatic heterocycles. The maximum absolute atomic E-state index is 11.6. The van der Waals surface area contributed by atoms with Gasteiger partial charge in [-0.2, -0.15) is 0 Å². The van der Waals surface area contributed by atoms with Gasteiger partial charge in [-0.25, -0.2) is 9.59 Å². The maximum Gasteiger partial charge on any atom is 0.323 e. The fraction of sp³-hybridized carbons (Fsp3) is 0.625. The van der Waals surface area contributed by atoms with Crippen LogP contribution in [-0.4, -0.2) is 70.8 Å². The van der Waals surface area contributed by atoms with Crippen molar-refractivity contribution >= 4 is 18.0 Å². The van der Waals surface area contributed by atoms with Gasteiger partial charge in [0.25, 0.3) is 0 Å². The van der Waals surface area contributed by atoms with Crippen LogP contribution in [0.15, 0.2) is 0 Å². The molecule has 2 unspecified atom stereocenters. The maximum atomic E-state index is 11.6. The van der Waals surface area contributed by atoms with Gasteiger partial charge in [0.2, 0.25) is 0 Å². The molecule has 0 radical (unpaired) electrons. The Morgan fingerprint density at radius 3 is 2.56 bits per heavy atom. The lowest BCUT2D eigenvalue weighted by atomic mass is 10.3. The quantitative estimate of drug-likeness (QED) is 0.617. The lowest BCUT2D eigenvalue weighted by Crippen LogP contribution is -2.46. The molecule has 0 saturated carbocycles. The van der Waals surface area contributed by atoms with Crippen molar-refractivity contribution in [3.8, 4) is 0 Å². The summed E-state index contributed by atoms with van der Waals surface area (Å²) in [6.07, 6.45) is -1.04. The molecule has 0 aromatic rings. The van der Waals surface area contributed by atoms with Crippen molar-refractivity contribution in [3.05, 3.63) is 0 Å². The van der Waals surface area contributed by atoms with Gasteiger partial charge in [0, 0.05) is 14.1 Å². The van der Waals surface area contributed by atoms with Crippen molar-refractivity contribution in [2.24, 2.45) is 0 Å². The molecule has 0 spiro atoms. The number of nitrogens with zero attached hydrogens (tertiary/aromatic N) is 3. The summed E-state index contributed by atoms with van der Waals surface area (Å²) in [5, 5.41) is 11.3. The Kier molecular flexibility index (Phi) is 2.14. The van der Waals surface area contributed by atoms with Crippen molar-refractivity contribution in [2.45, 2.75) is 12.3 Å². The summed E-state index contributed by atoms with van der Waals surface area (Å²) >= 11 is 0. The highest BCUT2D eigenvalue weighted by Gasteiger charge is 2.52. The molecule has 2 fully saturated rings. The molecule has 0 aliphatic carbocycles. The molecule has 88 valence electrons. The zero-order valence-electron chi connectivity index (χ0n) is 8.88. The van der Waals surface area contributed by atoms with Crippen molar-refractivity contribution in [2.75, 3.05) is 20.6 Å². The van der Waals surface area contributed by atoms with Crippen molar-refractivity contribution in [1.82, 2.24) is 20.0 Å². The first-order chi connectivity index (χ1) is 7.43. The first-order valence-corrected chi connectivity index (χ1v) is 4.72. The molecular weight excluding hydrogens is 216 g/mol. The van der Waals surface area contributed by atoms with Crippen LogP contribution >= 0.6 is 0 Å². The number of carboxylic acids is 1. The Morgan fingerprint density at radius 1 is 1.38 bits per heavy atom. The van der Waals surface area contributed by atoms with E-state index in [9.17, 15) is 14.4 Å². The van der Waals surface area contributed by atoms with Crippen LogP contribution in [0.2, 0.25) is 0 Å². The third-order valence-corrected chi connectivity index (χ3v) is 2.86. The molecule has 2 atom stereocenters. The van der Waals surface area contributed by atoms with Crippen LogP contribution in [-0.2, 0) is 4.79 Å². The van der Waals surface area contributed by atoms with Crippen LogP contribution in [0.25, 0.3) is 0 Å². The van der Waals surface area contributed by atoms with Gasteiger partial charge in [-0.15, -0.1) is 0 Å². The zero-order valence-corrected chi connectivity index (χ0v) is 8.88. The molecule has 2 aliphatic heterocycles. The summed E-state index contributed by atoms with van der Waals surface area (Å²) in [7, 11) is 3.10. The predicted molar refractivity (Wildman–Crippen MR) is 51.4 cm³/mol. The van der Waals surface area contributed by atoms with E-state index in [0.717, 1.165) is 4.90 Å². The highest BCUT2D eigenvalue weighted by molar-refractivity contribution is 5.87. The number of urea groups is 2. The Bertz CT molecular complexity index is 371. The molecule has 8 nitrogen and oxygen atoms in total. The highest BCUT2D eigenvalue weighted by atomic mass is 16.4. The van der Waals surface area contributed by atoms with Gasteiger partial charge in [0.1, 0.15) is 18.9 Å². The molecule has 2 N–H and O–H groups in total. The minimum atomic E-state index is -1.11. The van der Waals surface area contributed by atoms with Crippen LogP contribution in [0.3, 0.4) is 0 Å². The molecule has 2 aliphatic rings. The highest BCUT2D eigenvalue weighted by Crippen LogP contribution is 2.25. The summed E-state index contributed by atoms with van der Waals surface area (Å²) in [5.74, 6) is -1.11. The summed E-state index contributed by atoms with van der Waals surface area (Å²) in [6, 6.07) is -0.714. The number of carboxylic acid groups (broad SMARTS) is 1. The monoisotopic (exact) mass is 228 g/mol. The SMILES string of the molecule is CN1C(=O)N(C)C2C1NC(=O)N2CC(=O)O. The third kappa shape index (κ3) is 1.26. The average Bonchev–Trinajstić information content (AvgIpc) is 2.61. The second kappa shape index (κ2) is 3.26. The number of carbonyl (C=O) groups excluding carboxylic acids is 2. The molecule has 0 bridgehead atoms. The van der Waals surface area contributed by atoms with E-state index in [2.05, 4.69) is 5.32 Å². The Hall–Kier alpha value is -1.99. The standard InChI is InChI=1S/C8H12N4O4/c1-10-5-6(11(2)8(10)16)12(3-4(13)14)7(15)9-5/h5-6H,3H2,1-2H3,(H,9,15)(H,13,14). The molecule has 2 heterocycles. The molecule has 2 saturated heterocycles. The van der Waals surface area contributed by atoms with E-state index in [1.165, 1.54) is 9.80 Å². The molecule has 0 aromatic carbocycles. The molecule has 16 heavy (non-hydrogen) atoms. The van der Waals surface area contributed by atoms with E-state index >= 15 is 0 Å². The van der Waals surface area contributed by atoms with Crippen LogP contribution in [0, 0.1) is 0 Å². The number of hydrogen-bond donors (Lipinski definition) is 2. The van der Waals surface area contributed by atoms with Crippen LogP contribution in [0.4, 0.5) is 9.59 Å². The van der Waals surface area contributed by atoms with E-state index < -0.39 is 30.9 Å². The second-order valence-electron chi connectivity index (χ2n) is 3.83. The normalized spacial score (nSPS) is 28.5. The Labute approximate surface area is 91.4 Å². The molecule has 4 amide bonds. The summed E-state index contributed by atoms with van der Waals surface area (Å²) in [6.45, 7) is -0.418. The number of carbonyl (C=O) groups is 3. The smallest absolute Gasteiger partial charge is 0.323 e. The van der Waals surface area contributed by atoms with E-state index in [1.54, 1.807) is 14.1 Å². The lowest BCUT2D eigenvalue weighted by Gasteiger charge is -2.24. The number of rotatable bonds is 2. The van der Waals surface area contributed by atoms with Gasteiger partial charge in [0.15, 0.2) is 0 Å². The fourth-order valence-electron chi connectivity index (χ4n) is 2.08. The summed E-state index contributed by atoms with van der Waals surface area (Å²) in [4.78, 5) is 37.6. The van der Waals surface area contributed by atoms with Gasteiger partial charge in [-0.05, 0) is 0 Å². The summed E-state index contributed by atoms with van der Waals surface area (Å²) < 4.78 is 0. The van der Waals surface area contributed by atoms with Crippen LogP contribution in [0.5, 0.6) is 0 Å². The molecule has 8 heteroatoms. The van der Waals surface area contributed by atoms with Crippen molar-refractivity contribution in [1.29, 1.82) is 0 Å². The topological polar surface area (TPSA) is 93.2 Å². The van der Waals surface area contributed by atoms with Crippen molar-refractivity contribution in [3.63, 3.8) is 0 Å².